The Morgan fingerprint density at radius 2 is 1.77 bits per heavy atom. The van der Waals surface area contributed by atoms with Crippen molar-refractivity contribution in [1.29, 1.82) is 0 Å². The molecule has 1 unspecified atom stereocenters. The molecular weight excluding hydrogens is 456 g/mol. The van der Waals surface area contributed by atoms with Crippen LogP contribution in [-0.2, 0) is 15.4 Å². The highest BCUT2D eigenvalue weighted by Crippen LogP contribution is 2.52. The van der Waals surface area contributed by atoms with Gasteiger partial charge in [0.1, 0.15) is 5.82 Å². The number of hydrogen-bond acceptors (Lipinski definition) is 4. The lowest BCUT2D eigenvalue weighted by Crippen LogP contribution is -2.32. The number of hydrogen-bond donors (Lipinski definition) is 2. The number of fused-ring (bicyclic) bond motifs is 3. The predicted octanol–water partition coefficient (Wildman–Crippen LogP) is 4.74. The topological polar surface area (TPSA) is 59.2 Å². The van der Waals surface area contributed by atoms with Crippen molar-refractivity contribution in [2.45, 2.75) is 24.2 Å². The fourth-order valence-electron chi connectivity index (χ4n) is 4.67. The van der Waals surface area contributed by atoms with Crippen LogP contribution >= 0.6 is 15.9 Å². The van der Waals surface area contributed by atoms with E-state index in [0.29, 0.717) is 53.0 Å². The summed E-state index contributed by atoms with van der Waals surface area (Å²) in [6.07, 6.45) is 2.35. The summed E-state index contributed by atoms with van der Waals surface area (Å²) in [6.45, 7) is 1.80. The van der Waals surface area contributed by atoms with E-state index in [-0.39, 0.29) is 17.2 Å². The number of rotatable bonds is 2. The molecule has 0 radical (unpaired) electrons. The van der Waals surface area contributed by atoms with Gasteiger partial charge in [0.15, 0.2) is 5.79 Å². The number of aromatic nitrogens is 2. The maximum atomic E-state index is 15.1. The third kappa shape index (κ3) is 2.71. The molecule has 3 heterocycles. The van der Waals surface area contributed by atoms with Crippen LogP contribution in [0.4, 0.5) is 8.78 Å². The minimum absolute atomic E-state index is 0.0231. The SMILES string of the molecule is FC1(F)c2cc(Br)ccc2-c2ccc(-c3cnc(C4CC5(CN4)OCCO5)[nH]3)cc21. The van der Waals surface area contributed by atoms with Crippen molar-refractivity contribution < 1.29 is 18.3 Å². The van der Waals surface area contributed by atoms with Gasteiger partial charge in [-0.1, -0.05) is 34.1 Å². The van der Waals surface area contributed by atoms with Crippen LogP contribution in [0.2, 0.25) is 0 Å². The zero-order valence-electron chi connectivity index (χ0n) is 15.8. The lowest BCUT2D eigenvalue weighted by molar-refractivity contribution is -0.141. The summed E-state index contributed by atoms with van der Waals surface area (Å²) in [5.74, 6) is -2.86. The fraction of sp³-hybridized carbons (Fsp3) is 0.318. The van der Waals surface area contributed by atoms with Crippen molar-refractivity contribution in [3.05, 3.63) is 64.0 Å². The quantitative estimate of drug-likeness (QED) is 0.564. The first-order valence-electron chi connectivity index (χ1n) is 9.85. The van der Waals surface area contributed by atoms with E-state index >= 15 is 8.78 Å². The van der Waals surface area contributed by atoms with Gasteiger partial charge in [-0.05, 0) is 29.3 Å². The largest absolute Gasteiger partial charge is 0.346 e. The molecule has 2 aromatic carbocycles. The van der Waals surface area contributed by atoms with Crippen LogP contribution in [-0.4, -0.2) is 35.5 Å². The summed E-state index contributed by atoms with van der Waals surface area (Å²) in [5.41, 5.74) is 2.59. The summed E-state index contributed by atoms with van der Waals surface area (Å²) in [4.78, 5) is 7.78. The van der Waals surface area contributed by atoms with Gasteiger partial charge in [0, 0.05) is 27.6 Å². The Bertz CT molecular complexity index is 1160. The number of nitrogens with zero attached hydrogens (tertiary/aromatic N) is 1. The molecule has 2 fully saturated rings. The minimum atomic E-state index is -3.04. The average Bonchev–Trinajstić information content (AvgIpc) is 3.51. The van der Waals surface area contributed by atoms with E-state index < -0.39 is 11.7 Å². The van der Waals surface area contributed by atoms with Gasteiger partial charge >= 0.3 is 0 Å². The predicted molar refractivity (Wildman–Crippen MR) is 110 cm³/mol. The minimum Gasteiger partial charge on any atom is -0.346 e. The molecule has 1 atom stereocenters. The molecule has 30 heavy (non-hydrogen) atoms. The summed E-state index contributed by atoms with van der Waals surface area (Å²) in [6, 6.07) is 10.2. The second-order valence-corrected chi connectivity index (χ2v) is 8.87. The van der Waals surface area contributed by atoms with Gasteiger partial charge in [0.2, 0.25) is 0 Å². The van der Waals surface area contributed by atoms with E-state index in [0.717, 1.165) is 5.82 Å². The summed E-state index contributed by atoms with van der Waals surface area (Å²) in [7, 11) is 0. The molecule has 1 spiro atoms. The molecule has 154 valence electrons. The number of alkyl halides is 2. The van der Waals surface area contributed by atoms with Crippen molar-refractivity contribution in [2.75, 3.05) is 19.8 Å². The second-order valence-electron chi connectivity index (χ2n) is 7.95. The number of benzene rings is 2. The van der Waals surface area contributed by atoms with Crippen LogP contribution < -0.4 is 5.32 Å². The van der Waals surface area contributed by atoms with E-state index in [4.69, 9.17) is 9.47 Å². The number of ether oxygens (including phenoxy) is 2. The van der Waals surface area contributed by atoms with Gasteiger partial charge in [-0.2, -0.15) is 8.78 Å². The lowest BCUT2D eigenvalue weighted by Gasteiger charge is -2.19. The maximum absolute atomic E-state index is 15.1. The van der Waals surface area contributed by atoms with E-state index in [2.05, 4.69) is 31.2 Å². The van der Waals surface area contributed by atoms with Crippen molar-refractivity contribution in [3.8, 4) is 22.4 Å². The number of aromatic amines is 1. The average molecular weight is 474 g/mol. The van der Waals surface area contributed by atoms with Crippen molar-refractivity contribution in [1.82, 2.24) is 15.3 Å². The van der Waals surface area contributed by atoms with Gasteiger partial charge in [0.25, 0.3) is 5.92 Å². The van der Waals surface area contributed by atoms with Gasteiger partial charge in [-0.3, -0.25) is 0 Å². The molecule has 5 nitrogen and oxygen atoms in total. The Labute approximate surface area is 179 Å². The zero-order chi connectivity index (χ0) is 20.5. The Morgan fingerprint density at radius 1 is 1.03 bits per heavy atom. The van der Waals surface area contributed by atoms with Crippen LogP contribution in [0, 0.1) is 0 Å². The summed E-state index contributed by atoms with van der Waals surface area (Å²) >= 11 is 3.30. The number of imidazole rings is 1. The Balaban J connectivity index is 1.32. The summed E-state index contributed by atoms with van der Waals surface area (Å²) in [5, 5.41) is 3.37. The molecule has 3 aliphatic rings. The molecule has 0 amide bonds. The van der Waals surface area contributed by atoms with Gasteiger partial charge in [-0.15, -0.1) is 0 Å². The molecular formula is C22H18BrF2N3O2. The highest BCUT2D eigenvalue weighted by Gasteiger charge is 2.46. The number of halogens is 3. The van der Waals surface area contributed by atoms with Crippen LogP contribution in [0.3, 0.4) is 0 Å². The van der Waals surface area contributed by atoms with Crippen LogP contribution in [0.25, 0.3) is 22.4 Å². The van der Waals surface area contributed by atoms with Gasteiger partial charge in [-0.25, -0.2) is 4.98 Å². The monoisotopic (exact) mass is 473 g/mol. The highest BCUT2D eigenvalue weighted by atomic mass is 79.9. The molecule has 6 rings (SSSR count). The molecule has 2 N–H and O–H groups in total. The van der Waals surface area contributed by atoms with Crippen molar-refractivity contribution >= 4 is 15.9 Å². The number of H-pyrrole nitrogens is 1. The third-order valence-corrected chi connectivity index (χ3v) is 6.64. The maximum Gasteiger partial charge on any atom is 0.299 e. The van der Waals surface area contributed by atoms with Crippen LogP contribution in [0.15, 0.2) is 47.1 Å². The Morgan fingerprint density at radius 3 is 2.57 bits per heavy atom. The van der Waals surface area contributed by atoms with E-state index in [1.807, 2.05) is 6.07 Å². The highest BCUT2D eigenvalue weighted by molar-refractivity contribution is 9.10. The van der Waals surface area contributed by atoms with Crippen molar-refractivity contribution in [2.24, 2.45) is 0 Å². The first kappa shape index (κ1) is 18.6. The molecule has 0 saturated carbocycles. The normalized spacial score (nSPS) is 23.1. The van der Waals surface area contributed by atoms with E-state index in [9.17, 15) is 0 Å². The zero-order valence-corrected chi connectivity index (χ0v) is 17.4. The fourth-order valence-corrected chi connectivity index (χ4v) is 5.03. The van der Waals surface area contributed by atoms with Crippen molar-refractivity contribution in [3.63, 3.8) is 0 Å². The third-order valence-electron chi connectivity index (χ3n) is 6.15. The summed E-state index contributed by atoms with van der Waals surface area (Å²) < 4.78 is 42.4. The van der Waals surface area contributed by atoms with E-state index in [1.165, 1.54) is 6.07 Å². The number of nitrogens with one attached hydrogen (secondary N) is 2. The van der Waals surface area contributed by atoms with E-state index in [1.54, 1.807) is 30.5 Å². The van der Waals surface area contributed by atoms with Crippen LogP contribution in [0.5, 0.6) is 0 Å². The molecule has 0 bridgehead atoms. The molecule has 8 heteroatoms. The second kappa shape index (κ2) is 6.43. The molecule has 2 saturated heterocycles. The first-order chi connectivity index (χ1) is 14.5. The Kier molecular flexibility index (Phi) is 3.99. The smallest absolute Gasteiger partial charge is 0.299 e. The molecule has 3 aromatic rings. The Hall–Kier alpha value is -2.13. The first-order valence-corrected chi connectivity index (χ1v) is 10.6. The molecule has 2 aliphatic heterocycles. The van der Waals surface area contributed by atoms with Gasteiger partial charge in [0.05, 0.1) is 37.7 Å². The van der Waals surface area contributed by atoms with Gasteiger partial charge < -0.3 is 19.8 Å². The molecule has 1 aliphatic carbocycles. The lowest BCUT2D eigenvalue weighted by atomic mass is 10.0. The standard InChI is InChI=1S/C22H18BrF2N3O2/c23-13-2-4-15-14-3-1-12(7-16(14)22(24,25)17(15)8-13)19-10-26-20(28-19)18-9-21(11-27-18)29-5-6-30-21/h1-4,7-8,10,18,27H,5-6,9,11H2,(H,26,28). The molecule has 1 aromatic heterocycles. The van der Waals surface area contributed by atoms with Crippen LogP contribution in [0.1, 0.15) is 29.4 Å².